The maximum absolute atomic E-state index is 13.9. The standard InChI is InChI=1S/C32H33NO8/c1-19-7-4-9-20(2)13-22(14-21(17-34)10-5-8-19)41-32(35)25-16-28-31(40-18-39-28)30-23-11-6-12-27(38-3)24(23)15-26(29(25)30)33(36)37/h6,8-9,11-12,14-17,22,36-37H,4-5,7,10,13,18H2,1-3H3/p+1/b19-8+,20-9+,21-14-/t22-/m1/s1. The van der Waals surface area contributed by atoms with Crippen molar-refractivity contribution in [3.63, 3.8) is 0 Å². The van der Waals surface area contributed by atoms with Crippen molar-refractivity contribution < 1.29 is 44.2 Å². The summed E-state index contributed by atoms with van der Waals surface area (Å²) in [5.41, 5.74) is 2.96. The van der Waals surface area contributed by atoms with Gasteiger partial charge in [0.15, 0.2) is 11.5 Å². The Bertz CT molecular complexity index is 1600. The molecule has 1 atom stereocenters. The Labute approximate surface area is 237 Å². The van der Waals surface area contributed by atoms with Crippen LogP contribution in [0.25, 0.3) is 21.5 Å². The zero-order valence-corrected chi connectivity index (χ0v) is 23.4. The van der Waals surface area contributed by atoms with Crippen LogP contribution in [0, 0.1) is 0 Å². The summed E-state index contributed by atoms with van der Waals surface area (Å²) < 4.78 is 23.0. The Hall–Kier alpha value is -4.18. The fraction of sp³-hybridized carbons (Fsp3) is 0.312. The van der Waals surface area contributed by atoms with Crippen LogP contribution in [0.2, 0.25) is 0 Å². The van der Waals surface area contributed by atoms with E-state index in [9.17, 15) is 20.0 Å². The molecule has 41 heavy (non-hydrogen) atoms. The molecule has 9 heteroatoms. The topological polar surface area (TPSA) is 116 Å². The molecular weight excluding hydrogens is 526 g/mol. The minimum Gasteiger partial charge on any atom is -0.496 e. The van der Waals surface area contributed by atoms with Crippen LogP contribution in [0.1, 0.15) is 56.3 Å². The van der Waals surface area contributed by atoms with Crippen LogP contribution in [0.5, 0.6) is 17.2 Å². The third-order valence-corrected chi connectivity index (χ3v) is 7.53. The highest BCUT2D eigenvalue weighted by Crippen LogP contribution is 2.48. The second kappa shape index (κ2) is 12.1. The van der Waals surface area contributed by atoms with E-state index in [0.29, 0.717) is 51.8 Å². The number of esters is 1. The average molecular weight is 561 g/mol. The van der Waals surface area contributed by atoms with E-state index in [-0.39, 0.29) is 23.4 Å². The van der Waals surface area contributed by atoms with Gasteiger partial charge < -0.3 is 18.9 Å². The molecule has 0 saturated heterocycles. The number of ether oxygens (including phenoxy) is 4. The lowest BCUT2D eigenvalue weighted by Crippen LogP contribution is -3.02. The van der Waals surface area contributed by atoms with Crippen LogP contribution in [0.4, 0.5) is 5.69 Å². The van der Waals surface area contributed by atoms with Gasteiger partial charge in [-0.15, -0.1) is 0 Å². The molecule has 2 aliphatic rings. The molecule has 5 rings (SSSR count). The molecule has 1 heterocycles. The molecule has 0 fully saturated rings. The Balaban J connectivity index is 1.65. The number of carbonyl (C=O) groups excluding carboxylic acids is 2. The molecule has 0 amide bonds. The van der Waals surface area contributed by atoms with Gasteiger partial charge >= 0.3 is 5.97 Å². The van der Waals surface area contributed by atoms with Gasteiger partial charge in [-0.05, 0) is 73.9 Å². The van der Waals surface area contributed by atoms with Crippen LogP contribution in [-0.4, -0.2) is 42.7 Å². The summed E-state index contributed by atoms with van der Waals surface area (Å²) in [5.74, 6) is 0.540. The van der Waals surface area contributed by atoms with Gasteiger partial charge in [0.2, 0.25) is 12.5 Å². The van der Waals surface area contributed by atoms with E-state index in [1.54, 1.807) is 24.3 Å². The summed E-state index contributed by atoms with van der Waals surface area (Å²) in [6.45, 7) is 4.01. The lowest BCUT2D eigenvalue weighted by atomic mass is 9.94. The van der Waals surface area contributed by atoms with Crippen LogP contribution < -0.4 is 19.4 Å². The van der Waals surface area contributed by atoms with Crippen molar-refractivity contribution in [1.29, 1.82) is 0 Å². The van der Waals surface area contributed by atoms with Crippen molar-refractivity contribution in [2.45, 2.75) is 52.1 Å². The predicted molar refractivity (Wildman–Crippen MR) is 152 cm³/mol. The first kappa shape index (κ1) is 28.4. The first-order valence-electron chi connectivity index (χ1n) is 13.6. The third-order valence-electron chi connectivity index (χ3n) is 7.53. The largest absolute Gasteiger partial charge is 0.496 e. The van der Waals surface area contributed by atoms with E-state index >= 15 is 0 Å². The fourth-order valence-corrected chi connectivity index (χ4v) is 5.51. The number of allylic oxidation sites excluding steroid dienone is 4. The molecule has 0 radical (unpaired) electrons. The highest BCUT2D eigenvalue weighted by atomic mass is 16.8. The van der Waals surface area contributed by atoms with Gasteiger partial charge in [-0.3, -0.25) is 4.79 Å². The second-order valence-electron chi connectivity index (χ2n) is 10.4. The molecule has 0 spiro atoms. The van der Waals surface area contributed by atoms with E-state index in [2.05, 4.69) is 19.1 Å². The van der Waals surface area contributed by atoms with Gasteiger partial charge in [0.1, 0.15) is 18.1 Å². The molecule has 3 N–H and O–H groups in total. The minimum atomic E-state index is -0.966. The summed E-state index contributed by atoms with van der Waals surface area (Å²) in [6, 6.07) is 8.47. The van der Waals surface area contributed by atoms with E-state index in [1.165, 1.54) is 18.7 Å². The van der Waals surface area contributed by atoms with Crippen molar-refractivity contribution in [2.75, 3.05) is 13.9 Å². The first-order chi connectivity index (χ1) is 19.8. The van der Waals surface area contributed by atoms with Gasteiger partial charge in [-0.2, -0.15) is 10.4 Å². The summed E-state index contributed by atoms with van der Waals surface area (Å²) in [6.07, 6.45) is 9.54. The molecule has 1 aliphatic heterocycles. The molecule has 1 aliphatic carbocycles. The van der Waals surface area contributed by atoms with Gasteiger partial charge in [0.25, 0.3) is 0 Å². The molecule has 0 aromatic heterocycles. The molecule has 9 nitrogen and oxygen atoms in total. The number of carbonyl (C=O) groups is 2. The molecule has 214 valence electrons. The number of methoxy groups -OCH3 is 1. The number of benzene rings is 3. The summed E-state index contributed by atoms with van der Waals surface area (Å²) in [7, 11) is 1.52. The van der Waals surface area contributed by atoms with E-state index in [4.69, 9.17) is 18.9 Å². The van der Waals surface area contributed by atoms with Crippen LogP contribution >= 0.6 is 0 Å². The number of nitrogens with one attached hydrogen (secondary N) is 1. The number of hydrogen-bond donors (Lipinski definition) is 3. The molecular formula is C32H34NO8+. The monoisotopic (exact) mass is 560 g/mol. The zero-order valence-electron chi connectivity index (χ0n) is 23.4. The van der Waals surface area contributed by atoms with Gasteiger partial charge in [-0.1, -0.05) is 35.4 Å². The van der Waals surface area contributed by atoms with Crippen molar-refractivity contribution in [2.24, 2.45) is 0 Å². The highest BCUT2D eigenvalue weighted by Gasteiger charge is 2.31. The van der Waals surface area contributed by atoms with E-state index < -0.39 is 17.3 Å². The summed E-state index contributed by atoms with van der Waals surface area (Å²) in [5, 5.41) is 21.8. The number of hydrogen-bond acceptors (Lipinski definition) is 8. The summed E-state index contributed by atoms with van der Waals surface area (Å²) >= 11 is 0. The van der Waals surface area contributed by atoms with Gasteiger partial charge in [0, 0.05) is 23.3 Å². The molecule has 3 aromatic carbocycles. The van der Waals surface area contributed by atoms with Crippen LogP contribution in [0.3, 0.4) is 0 Å². The van der Waals surface area contributed by atoms with Gasteiger partial charge in [0.05, 0.1) is 18.1 Å². The number of aldehydes is 1. The minimum absolute atomic E-state index is 0.0169. The van der Waals surface area contributed by atoms with E-state index in [0.717, 1.165) is 31.1 Å². The maximum Gasteiger partial charge on any atom is 0.339 e. The lowest BCUT2D eigenvalue weighted by Gasteiger charge is -2.19. The number of fused-ring (bicyclic) bond motifs is 5. The van der Waals surface area contributed by atoms with Gasteiger partial charge in [-0.25, -0.2) is 4.79 Å². The molecule has 0 bridgehead atoms. The molecule has 0 saturated carbocycles. The summed E-state index contributed by atoms with van der Waals surface area (Å²) in [4.78, 5) is 25.8. The maximum atomic E-state index is 13.9. The quantitative estimate of drug-likeness (QED) is 0.123. The van der Waals surface area contributed by atoms with Crippen molar-refractivity contribution in [3.05, 3.63) is 70.8 Å². The van der Waals surface area contributed by atoms with Crippen LogP contribution in [-0.2, 0) is 9.53 Å². The smallest absolute Gasteiger partial charge is 0.339 e. The highest BCUT2D eigenvalue weighted by molar-refractivity contribution is 6.22. The Morgan fingerprint density at radius 2 is 1.80 bits per heavy atom. The predicted octanol–water partition coefficient (Wildman–Crippen LogP) is 5.53. The zero-order chi connectivity index (χ0) is 29.1. The Kier molecular flexibility index (Phi) is 8.39. The fourth-order valence-electron chi connectivity index (χ4n) is 5.51. The molecule has 3 aromatic rings. The van der Waals surface area contributed by atoms with Crippen molar-refractivity contribution >= 4 is 39.5 Å². The Morgan fingerprint density at radius 1 is 1.02 bits per heavy atom. The third kappa shape index (κ3) is 5.83. The average Bonchev–Trinajstić information content (AvgIpc) is 3.43. The van der Waals surface area contributed by atoms with Crippen molar-refractivity contribution in [3.8, 4) is 17.2 Å². The SMILES string of the molecule is COc1cccc2c1cc([NH+](O)O)c1c(C(=O)O[C@H]3/C=C(\C=O)CC/C=C(\C)CC/C=C(\C)C3)cc3c(c12)OCO3. The van der Waals surface area contributed by atoms with E-state index in [1.807, 2.05) is 13.0 Å². The first-order valence-corrected chi connectivity index (χ1v) is 13.6. The lowest BCUT2D eigenvalue weighted by molar-refractivity contribution is -1.19. The second-order valence-corrected chi connectivity index (χ2v) is 10.4. The number of rotatable bonds is 5. The molecule has 0 unspecified atom stereocenters. The Morgan fingerprint density at radius 3 is 2.56 bits per heavy atom. The number of quaternary nitrogens is 1. The van der Waals surface area contributed by atoms with Crippen molar-refractivity contribution in [1.82, 2.24) is 0 Å². The normalized spacial score (nSPS) is 21.6. The van der Waals surface area contributed by atoms with Crippen LogP contribution in [0.15, 0.2) is 65.3 Å².